The maximum Gasteiger partial charge on any atom is 0.145 e. The van der Waals surface area contributed by atoms with Crippen LogP contribution in [0.5, 0.6) is 0 Å². The zero-order chi connectivity index (χ0) is 10.8. The van der Waals surface area contributed by atoms with Gasteiger partial charge >= 0.3 is 0 Å². The van der Waals surface area contributed by atoms with Gasteiger partial charge in [-0.2, -0.15) is 0 Å². The second-order valence-electron chi connectivity index (χ2n) is 5.79. The standard InChI is InChI=1S/C13H24BN/c1-9(10(2)12-13(15)14-12)8-11-6-4-3-5-7-11/h3-4,9-14H,5-8,15H2,1-2H3. The molecule has 1 saturated heterocycles. The largest absolute Gasteiger partial charge is 0.335 e. The van der Waals surface area contributed by atoms with Gasteiger partial charge in [0, 0.05) is 0 Å². The minimum Gasteiger partial charge on any atom is -0.335 e. The molecular weight excluding hydrogens is 181 g/mol. The smallest absolute Gasteiger partial charge is 0.145 e. The van der Waals surface area contributed by atoms with Crippen molar-refractivity contribution in [3.8, 4) is 0 Å². The van der Waals surface area contributed by atoms with Crippen LogP contribution < -0.4 is 5.73 Å². The first-order valence-corrected chi connectivity index (χ1v) is 6.59. The Bertz CT molecular complexity index is 239. The summed E-state index contributed by atoms with van der Waals surface area (Å²) in [6.45, 7) is 4.83. The maximum absolute atomic E-state index is 5.93. The van der Waals surface area contributed by atoms with Gasteiger partial charge in [-0.1, -0.05) is 31.8 Å². The van der Waals surface area contributed by atoms with Crippen molar-refractivity contribution in [3.63, 3.8) is 0 Å². The molecule has 84 valence electrons. The number of nitrogens with two attached hydrogens (primary N) is 1. The van der Waals surface area contributed by atoms with Crippen LogP contribution in [-0.2, 0) is 0 Å². The highest BCUT2D eigenvalue weighted by Crippen LogP contribution is 2.40. The van der Waals surface area contributed by atoms with Gasteiger partial charge < -0.3 is 5.73 Å². The minimum atomic E-state index is 0.522. The molecule has 0 amide bonds. The van der Waals surface area contributed by atoms with E-state index in [2.05, 4.69) is 26.0 Å². The summed E-state index contributed by atoms with van der Waals surface area (Å²) < 4.78 is 0. The summed E-state index contributed by atoms with van der Waals surface area (Å²) in [6.07, 6.45) is 10.1. The molecule has 0 aromatic heterocycles. The topological polar surface area (TPSA) is 26.0 Å². The van der Waals surface area contributed by atoms with Crippen molar-refractivity contribution in [2.45, 2.75) is 51.3 Å². The lowest BCUT2D eigenvalue weighted by Gasteiger charge is -2.26. The highest BCUT2D eigenvalue weighted by atomic mass is 14.7. The van der Waals surface area contributed by atoms with Crippen LogP contribution in [0, 0.1) is 17.8 Å². The second-order valence-corrected chi connectivity index (χ2v) is 5.79. The zero-order valence-electron chi connectivity index (χ0n) is 10.2. The van der Waals surface area contributed by atoms with Gasteiger partial charge in [-0.25, -0.2) is 0 Å². The lowest BCUT2D eigenvalue weighted by molar-refractivity contribution is 0.289. The fraction of sp³-hybridized carbons (Fsp3) is 0.846. The van der Waals surface area contributed by atoms with Crippen LogP contribution in [0.15, 0.2) is 12.2 Å². The van der Waals surface area contributed by atoms with Gasteiger partial charge in [0.25, 0.3) is 0 Å². The van der Waals surface area contributed by atoms with E-state index in [0.717, 1.165) is 23.6 Å². The molecule has 0 spiro atoms. The first-order valence-electron chi connectivity index (χ1n) is 6.59. The van der Waals surface area contributed by atoms with Crippen LogP contribution in [0.25, 0.3) is 0 Å². The van der Waals surface area contributed by atoms with Crippen LogP contribution >= 0.6 is 0 Å². The number of rotatable bonds is 4. The number of hydrogen-bond acceptors (Lipinski definition) is 1. The van der Waals surface area contributed by atoms with Crippen LogP contribution in [-0.4, -0.2) is 13.2 Å². The molecule has 1 aliphatic heterocycles. The summed E-state index contributed by atoms with van der Waals surface area (Å²) in [5.41, 5.74) is 5.93. The molecule has 5 unspecified atom stereocenters. The highest BCUT2D eigenvalue weighted by Gasteiger charge is 2.41. The average Bonchev–Trinajstić information content (AvgIpc) is 2.96. The average molecular weight is 205 g/mol. The normalized spacial score (nSPS) is 38.2. The van der Waals surface area contributed by atoms with Crippen molar-refractivity contribution in [2.75, 3.05) is 0 Å². The summed E-state index contributed by atoms with van der Waals surface area (Å²) in [5, 5.41) is 0. The van der Waals surface area contributed by atoms with E-state index in [4.69, 9.17) is 5.73 Å². The third kappa shape index (κ3) is 2.87. The lowest BCUT2D eigenvalue weighted by atomic mass is 9.77. The molecule has 2 rings (SSSR count). The Morgan fingerprint density at radius 1 is 1.40 bits per heavy atom. The van der Waals surface area contributed by atoms with E-state index < -0.39 is 0 Å². The Kier molecular flexibility index (Phi) is 3.55. The van der Waals surface area contributed by atoms with E-state index in [0.29, 0.717) is 5.94 Å². The first kappa shape index (κ1) is 11.3. The minimum absolute atomic E-state index is 0.522. The fourth-order valence-corrected chi connectivity index (χ4v) is 3.07. The van der Waals surface area contributed by atoms with Gasteiger partial charge in [-0.3, -0.25) is 0 Å². The molecule has 0 aromatic rings. The summed E-state index contributed by atoms with van der Waals surface area (Å²) >= 11 is 0. The summed E-state index contributed by atoms with van der Waals surface area (Å²) in [5.74, 6) is 4.00. The third-order valence-electron chi connectivity index (χ3n) is 4.55. The lowest BCUT2D eigenvalue weighted by Crippen LogP contribution is -2.16. The van der Waals surface area contributed by atoms with E-state index in [1.807, 2.05) is 0 Å². The van der Waals surface area contributed by atoms with E-state index in [-0.39, 0.29) is 0 Å². The molecule has 1 aliphatic carbocycles. The predicted octanol–water partition coefficient (Wildman–Crippen LogP) is 2.53. The molecule has 2 N–H and O–H groups in total. The van der Waals surface area contributed by atoms with E-state index in [9.17, 15) is 0 Å². The second kappa shape index (κ2) is 4.73. The molecule has 2 heteroatoms. The quantitative estimate of drug-likeness (QED) is 0.553. The van der Waals surface area contributed by atoms with Crippen molar-refractivity contribution >= 4 is 7.28 Å². The molecule has 1 heterocycles. The summed E-state index contributed by atoms with van der Waals surface area (Å²) in [7, 11) is 1.27. The molecule has 0 saturated carbocycles. The molecule has 1 nitrogen and oxygen atoms in total. The highest BCUT2D eigenvalue weighted by molar-refractivity contribution is 6.53. The Morgan fingerprint density at radius 2 is 2.13 bits per heavy atom. The summed E-state index contributed by atoms with van der Waals surface area (Å²) in [4.78, 5) is 0. The van der Waals surface area contributed by atoms with E-state index >= 15 is 0 Å². The molecule has 5 atom stereocenters. The Morgan fingerprint density at radius 3 is 2.67 bits per heavy atom. The molecular formula is C13H24BN. The molecule has 15 heavy (non-hydrogen) atoms. The van der Waals surface area contributed by atoms with Crippen molar-refractivity contribution < 1.29 is 0 Å². The van der Waals surface area contributed by atoms with E-state index in [1.54, 1.807) is 0 Å². The fourth-order valence-electron chi connectivity index (χ4n) is 3.07. The van der Waals surface area contributed by atoms with Gasteiger partial charge in [0.15, 0.2) is 0 Å². The van der Waals surface area contributed by atoms with Gasteiger partial charge in [0.05, 0.1) is 0 Å². The SMILES string of the molecule is CC(CC1CC=CCC1)C(C)C1BC1N. The molecule has 0 bridgehead atoms. The van der Waals surface area contributed by atoms with Gasteiger partial charge in [0.2, 0.25) is 0 Å². The van der Waals surface area contributed by atoms with Crippen molar-refractivity contribution in [2.24, 2.45) is 23.5 Å². The number of hydrogen-bond donors (Lipinski definition) is 1. The Balaban J connectivity index is 1.75. The molecule has 1 fully saturated rings. The Hall–Kier alpha value is -0.235. The predicted molar refractivity (Wildman–Crippen MR) is 68.3 cm³/mol. The van der Waals surface area contributed by atoms with Crippen molar-refractivity contribution in [3.05, 3.63) is 12.2 Å². The van der Waals surface area contributed by atoms with Gasteiger partial charge in [-0.05, 0) is 49.4 Å². The van der Waals surface area contributed by atoms with Crippen LogP contribution in [0.4, 0.5) is 0 Å². The zero-order valence-corrected chi connectivity index (χ0v) is 10.2. The molecule has 0 radical (unpaired) electrons. The third-order valence-corrected chi connectivity index (χ3v) is 4.55. The number of allylic oxidation sites excluding steroid dienone is 2. The first-order chi connectivity index (χ1) is 7.18. The van der Waals surface area contributed by atoms with Crippen LogP contribution in [0.1, 0.15) is 39.5 Å². The molecule has 2 aliphatic rings. The monoisotopic (exact) mass is 205 g/mol. The van der Waals surface area contributed by atoms with Gasteiger partial charge in [0.1, 0.15) is 7.28 Å². The summed E-state index contributed by atoms with van der Waals surface area (Å²) in [6, 6.07) is 0. The Labute approximate surface area is 94.7 Å². The van der Waals surface area contributed by atoms with Crippen LogP contribution in [0.3, 0.4) is 0 Å². The van der Waals surface area contributed by atoms with E-state index in [1.165, 1.54) is 33.0 Å². The van der Waals surface area contributed by atoms with Gasteiger partial charge in [-0.15, -0.1) is 0 Å². The van der Waals surface area contributed by atoms with Crippen molar-refractivity contribution in [1.82, 2.24) is 0 Å². The maximum atomic E-state index is 5.93. The van der Waals surface area contributed by atoms with Crippen molar-refractivity contribution in [1.29, 1.82) is 0 Å². The van der Waals surface area contributed by atoms with Crippen LogP contribution in [0.2, 0.25) is 5.82 Å². The molecule has 0 aromatic carbocycles.